The zero-order valence-electron chi connectivity index (χ0n) is 17.5. The van der Waals surface area contributed by atoms with E-state index in [0.29, 0.717) is 17.9 Å². The molecular weight excluding hydrogens is 427 g/mol. The van der Waals surface area contributed by atoms with Crippen molar-refractivity contribution in [3.63, 3.8) is 0 Å². The van der Waals surface area contributed by atoms with E-state index in [0.717, 1.165) is 11.6 Å². The fourth-order valence-electron chi connectivity index (χ4n) is 2.66. The molecule has 0 unspecified atom stereocenters. The lowest BCUT2D eigenvalue weighted by Gasteiger charge is -2.09. The van der Waals surface area contributed by atoms with Gasteiger partial charge in [0.05, 0.1) is 11.9 Å². The maximum absolute atomic E-state index is 13.6. The predicted octanol–water partition coefficient (Wildman–Crippen LogP) is 2.61. The highest BCUT2D eigenvalue weighted by molar-refractivity contribution is 6.39. The van der Waals surface area contributed by atoms with Crippen LogP contribution in [-0.2, 0) is 20.9 Å². The molecule has 0 fully saturated rings. The number of rotatable bonds is 8. The minimum Gasteiger partial charge on any atom is -0.483 e. The first-order valence-corrected chi connectivity index (χ1v) is 9.94. The van der Waals surface area contributed by atoms with Crippen molar-refractivity contribution in [1.29, 1.82) is 0 Å². The molecular formula is C24H21FN4O4. The standard InChI is InChI=1S/C24H21FN4O4/c25-19-11-5-6-12-20(19)28-23(31)24(32)29-27-15-18-10-4-7-13-21(18)33-16-22(30)26-14-17-8-2-1-3-9-17/h1-13,15H,14,16H2,(H,26,30)(H,28,31)(H,29,32)/b27-15-. The van der Waals surface area contributed by atoms with Crippen molar-refractivity contribution in [3.05, 3.63) is 95.8 Å². The Kier molecular flexibility index (Phi) is 8.24. The molecule has 0 saturated carbocycles. The Bertz CT molecular complexity index is 1150. The third kappa shape index (κ3) is 7.28. The van der Waals surface area contributed by atoms with Gasteiger partial charge >= 0.3 is 11.8 Å². The quantitative estimate of drug-likeness (QED) is 0.280. The summed E-state index contributed by atoms with van der Waals surface area (Å²) in [4.78, 5) is 35.8. The Hall–Kier alpha value is -4.53. The fourth-order valence-corrected chi connectivity index (χ4v) is 2.66. The summed E-state index contributed by atoms with van der Waals surface area (Å²) >= 11 is 0. The smallest absolute Gasteiger partial charge is 0.329 e. The number of ether oxygens (including phenoxy) is 1. The van der Waals surface area contributed by atoms with Gasteiger partial charge in [0.25, 0.3) is 5.91 Å². The second-order valence-corrected chi connectivity index (χ2v) is 6.72. The number of benzene rings is 3. The maximum Gasteiger partial charge on any atom is 0.329 e. The lowest BCUT2D eigenvalue weighted by Crippen LogP contribution is -2.32. The predicted molar refractivity (Wildman–Crippen MR) is 121 cm³/mol. The number of hydrogen-bond donors (Lipinski definition) is 3. The van der Waals surface area contributed by atoms with Crippen LogP contribution in [0.2, 0.25) is 0 Å². The van der Waals surface area contributed by atoms with Crippen LogP contribution >= 0.6 is 0 Å². The zero-order chi connectivity index (χ0) is 23.5. The Morgan fingerprint density at radius 1 is 0.879 bits per heavy atom. The average Bonchev–Trinajstić information content (AvgIpc) is 2.84. The van der Waals surface area contributed by atoms with Crippen molar-refractivity contribution in [1.82, 2.24) is 10.7 Å². The average molecular weight is 448 g/mol. The summed E-state index contributed by atoms with van der Waals surface area (Å²) in [6.07, 6.45) is 1.27. The molecule has 0 radical (unpaired) electrons. The summed E-state index contributed by atoms with van der Waals surface area (Å²) in [7, 11) is 0. The molecule has 0 saturated heterocycles. The Balaban J connectivity index is 1.50. The number of amides is 3. The number of carbonyl (C=O) groups is 3. The van der Waals surface area contributed by atoms with Crippen molar-refractivity contribution in [2.75, 3.05) is 11.9 Å². The van der Waals surface area contributed by atoms with Gasteiger partial charge in [0.2, 0.25) is 0 Å². The molecule has 0 atom stereocenters. The monoisotopic (exact) mass is 448 g/mol. The molecule has 33 heavy (non-hydrogen) atoms. The molecule has 0 aliphatic heterocycles. The summed E-state index contributed by atoms with van der Waals surface area (Å²) in [6.45, 7) is 0.169. The van der Waals surface area contributed by atoms with Crippen LogP contribution in [0.3, 0.4) is 0 Å². The Morgan fingerprint density at radius 2 is 1.58 bits per heavy atom. The van der Waals surface area contributed by atoms with Gasteiger partial charge in [0, 0.05) is 12.1 Å². The molecule has 9 heteroatoms. The molecule has 0 bridgehead atoms. The molecule has 168 valence electrons. The van der Waals surface area contributed by atoms with Crippen molar-refractivity contribution in [2.45, 2.75) is 6.54 Å². The number of anilines is 1. The highest BCUT2D eigenvalue weighted by Gasteiger charge is 2.14. The first-order chi connectivity index (χ1) is 16.0. The summed E-state index contributed by atoms with van der Waals surface area (Å²) in [5, 5.41) is 8.65. The fraction of sp³-hybridized carbons (Fsp3) is 0.0833. The third-order valence-corrected chi connectivity index (χ3v) is 4.31. The molecule has 3 N–H and O–H groups in total. The molecule has 0 spiro atoms. The lowest BCUT2D eigenvalue weighted by atomic mass is 10.2. The van der Waals surface area contributed by atoms with Gasteiger partial charge < -0.3 is 15.4 Å². The molecule has 3 aromatic rings. The number of halogens is 1. The largest absolute Gasteiger partial charge is 0.483 e. The van der Waals surface area contributed by atoms with Gasteiger partial charge in [-0.05, 0) is 29.8 Å². The van der Waals surface area contributed by atoms with Crippen molar-refractivity contribution >= 4 is 29.6 Å². The Labute approximate surface area is 189 Å². The third-order valence-electron chi connectivity index (χ3n) is 4.31. The van der Waals surface area contributed by atoms with Crippen LogP contribution in [0.5, 0.6) is 5.75 Å². The van der Waals surface area contributed by atoms with Crippen molar-refractivity contribution in [2.24, 2.45) is 5.10 Å². The van der Waals surface area contributed by atoms with Gasteiger partial charge in [-0.25, -0.2) is 9.82 Å². The van der Waals surface area contributed by atoms with E-state index < -0.39 is 17.6 Å². The Morgan fingerprint density at radius 3 is 2.36 bits per heavy atom. The summed E-state index contributed by atoms with van der Waals surface area (Å²) < 4.78 is 19.1. The number of carbonyl (C=O) groups excluding carboxylic acids is 3. The molecule has 0 aliphatic rings. The van der Waals surface area contributed by atoms with Crippen LogP contribution in [0.4, 0.5) is 10.1 Å². The molecule has 0 heterocycles. The molecule has 0 aromatic heterocycles. The van der Waals surface area contributed by atoms with E-state index >= 15 is 0 Å². The molecule has 3 amide bonds. The van der Waals surface area contributed by atoms with Crippen LogP contribution in [0.15, 0.2) is 84.0 Å². The van der Waals surface area contributed by atoms with E-state index in [-0.39, 0.29) is 18.2 Å². The minimum absolute atomic E-state index is 0.120. The van der Waals surface area contributed by atoms with Gasteiger partial charge in [0.15, 0.2) is 6.61 Å². The summed E-state index contributed by atoms with van der Waals surface area (Å²) in [5.41, 5.74) is 3.38. The topological polar surface area (TPSA) is 109 Å². The van der Waals surface area contributed by atoms with E-state index in [1.807, 2.05) is 30.3 Å². The number of hydrazone groups is 1. The number of nitrogens with one attached hydrogen (secondary N) is 3. The number of nitrogens with zero attached hydrogens (tertiary/aromatic N) is 1. The number of para-hydroxylation sites is 2. The van der Waals surface area contributed by atoms with E-state index in [4.69, 9.17) is 4.74 Å². The zero-order valence-corrected chi connectivity index (χ0v) is 17.5. The van der Waals surface area contributed by atoms with Crippen LogP contribution in [0, 0.1) is 5.82 Å². The lowest BCUT2D eigenvalue weighted by molar-refractivity contribution is -0.136. The van der Waals surface area contributed by atoms with Crippen LogP contribution in [-0.4, -0.2) is 30.5 Å². The van der Waals surface area contributed by atoms with Crippen molar-refractivity contribution in [3.8, 4) is 5.75 Å². The van der Waals surface area contributed by atoms with Gasteiger partial charge in [-0.2, -0.15) is 5.10 Å². The minimum atomic E-state index is -1.08. The van der Waals surface area contributed by atoms with E-state index in [1.165, 1.54) is 24.4 Å². The highest BCUT2D eigenvalue weighted by atomic mass is 19.1. The second kappa shape index (κ2) is 11.8. The maximum atomic E-state index is 13.6. The molecule has 8 nitrogen and oxygen atoms in total. The van der Waals surface area contributed by atoms with Gasteiger partial charge in [0.1, 0.15) is 11.6 Å². The van der Waals surface area contributed by atoms with Crippen LogP contribution in [0.1, 0.15) is 11.1 Å². The molecule has 3 rings (SSSR count). The van der Waals surface area contributed by atoms with Gasteiger partial charge in [-0.3, -0.25) is 14.4 Å². The van der Waals surface area contributed by atoms with E-state index in [9.17, 15) is 18.8 Å². The van der Waals surface area contributed by atoms with Gasteiger partial charge in [-0.15, -0.1) is 0 Å². The van der Waals surface area contributed by atoms with Crippen LogP contribution in [0.25, 0.3) is 0 Å². The summed E-state index contributed by atoms with van der Waals surface area (Å²) in [5.74, 6) is -2.75. The van der Waals surface area contributed by atoms with Gasteiger partial charge in [-0.1, -0.05) is 54.6 Å². The highest BCUT2D eigenvalue weighted by Crippen LogP contribution is 2.16. The second-order valence-electron chi connectivity index (χ2n) is 6.72. The first-order valence-electron chi connectivity index (χ1n) is 9.94. The van der Waals surface area contributed by atoms with Crippen molar-refractivity contribution < 1.29 is 23.5 Å². The SMILES string of the molecule is O=C(COc1ccccc1/C=N\NC(=O)C(=O)Nc1ccccc1F)NCc1ccccc1. The first kappa shape index (κ1) is 23.1. The van der Waals surface area contributed by atoms with E-state index in [2.05, 4.69) is 21.2 Å². The summed E-state index contributed by atoms with van der Waals surface area (Å²) in [6, 6.07) is 21.7. The molecule has 0 aliphatic carbocycles. The van der Waals surface area contributed by atoms with E-state index in [1.54, 1.807) is 24.3 Å². The van der Waals surface area contributed by atoms with Crippen LogP contribution < -0.4 is 20.8 Å². The normalized spacial score (nSPS) is 10.5. The number of hydrogen-bond acceptors (Lipinski definition) is 5. The molecule has 3 aromatic carbocycles.